The molecular formula is C24H40N2O8Si2. The van der Waals surface area contributed by atoms with Gasteiger partial charge in [0, 0.05) is 26.3 Å². The van der Waals surface area contributed by atoms with Crippen LogP contribution in [0.3, 0.4) is 0 Å². The Hall–Kier alpha value is -2.55. The molecule has 2 amide bonds. The van der Waals surface area contributed by atoms with Gasteiger partial charge >= 0.3 is 11.9 Å². The Bertz CT molecular complexity index is 875. The van der Waals surface area contributed by atoms with E-state index in [0.29, 0.717) is 26.1 Å². The molecule has 0 saturated heterocycles. The van der Waals surface area contributed by atoms with Crippen molar-refractivity contribution in [2.45, 2.75) is 65.0 Å². The molecule has 0 saturated carbocycles. The van der Waals surface area contributed by atoms with Gasteiger partial charge in [-0.05, 0) is 77.1 Å². The summed E-state index contributed by atoms with van der Waals surface area (Å²) in [5.74, 6) is -4.28. The highest BCUT2D eigenvalue weighted by atomic mass is 28.4. The third kappa shape index (κ3) is 10.2. The fraction of sp³-hybridized carbons (Fsp3) is 0.583. The highest BCUT2D eigenvalue weighted by Gasteiger charge is 2.26. The third-order valence-electron chi connectivity index (χ3n) is 5.66. The summed E-state index contributed by atoms with van der Waals surface area (Å²) in [5, 5.41) is 24.6. The molecule has 0 radical (unpaired) electrons. The van der Waals surface area contributed by atoms with Crippen molar-refractivity contribution < 1.29 is 38.2 Å². The predicted octanol–water partition coefficient (Wildman–Crippen LogP) is 3.81. The van der Waals surface area contributed by atoms with Crippen molar-refractivity contribution in [2.75, 3.05) is 26.3 Å². The molecule has 0 bridgehead atoms. The van der Waals surface area contributed by atoms with Gasteiger partial charge in [-0.3, -0.25) is 9.59 Å². The van der Waals surface area contributed by atoms with Gasteiger partial charge in [-0.1, -0.05) is 0 Å². The number of carbonyl (C=O) groups is 4. The normalized spacial score (nSPS) is 11.7. The van der Waals surface area contributed by atoms with Crippen LogP contribution in [0.1, 0.15) is 68.1 Å². The highest BCUT2D eigenvalue weighted by Crippen LogP contribution is 2.20. The minimum absolute atomic E-state index is 0.285. The van der Waals surface area contributed by atoms with E-state index in [2.05, 4.69) is 36.8 Å². The van der Waals surface area contributed by atoms with Gasteiger partial charge < -0.3 is 29.7 Å². The van der Waals surface area contributed by atoms with E-state index in [-0.39, 0.29) is 24.2 Å². The number of nitrogens with one attached hydrogen (secondary N) is 2. The number of rotatable bonds is 16. The molecule has 0 heterocycles. The zero-order chi connectivity index (χ0) is 27.5. The van der Waals surface area contributed by atoms with Crippen molar-refractivity contribution >= 4 is 40.4 Å². The molecule has 0 spiro atoms. The molecule has 1 aromatic rings. The van der Waals surface area contributed by atoms with Crippen LogP contribution in [0.2, 0.25) is 38.3 Å². The maximum atomic E-state index is 12.7. The van der Waals surface area contributed by atoms with Crippen LogP contribution in [0.15, 0.2) is 12.1 Å². The van der Waals surface area contributed by atoms with Gasteiger partial charge in [0.05, 0.1) is 22.3 Å². The summed E-state index contributed by atoms with van der Waals surface area (Å²) in [6.45, 7) is 14.0. The average Bonchev–Trinajstić information content (AvgIpc) is 2.78. The molecule has 1 rings (SSSR count). The number of benzene rings is 1. The standard InChI is InChI=1S/C24H40N2O8Si2/c1-7-33-35(3,4)13-9-11-25-21(27)17-15-20(24(31)32)18(16-19(17)23(29)30)22(28)26-12-10-14-36(5,6)34-8-2/h15-16H,7-14H2,1-6H3,(H,25,27)(H,26,28)(H,29,30)(H,31,32). The summed E-state index contributed by atoms with van der Waals surface area (Å²) in [6, 6.07) is 3.52. The molecule has 0 aliphatic heterocycles. The molecule has 0 atom stereocenters. The molecule has 0 unspecified atom stereocenters. The number of hydrogen-bond donors (Lipinski definition) is 4. The van der Waals surface area contributed by atoms with Gasteiger partial charge in [0.2, 0.25) is 0 Å². The van der Waals surface area contributed by atoms with Crippen molar-refractivity contribution in [3.8, 4) is 0 Å². The second-order valence-electron chi connectivity index (χ2n) is 9.66. The van der Waals surface area contributed by atoms with Crippen LogP contribution in [-0.4, -0.2) is 76.9 Å². The summed E-state index contributed by atoms with van der Waals surface area (Å²) in [7, 11) is -3.66. The fourth-order valence-electron chi connectivity index (χ4n) is 3.88. The average molecular weight is 541 g/mol. The Morgan fingerprint density at radius 1 is 0.694 bits per heavy atom. The summed E-state index contributed by atoms with van der Waals surface area (Å²) < 4.78 is 11.5. The van der Waals surface area contributed by atoms with Crippen LogP contribution in [0.5, 0.6) is 0 Å². The molecule has 0 aromatic heterocycles. The first-order chi connectivity index (χ1) is 16.7. The fourth-order valence-corrected chi connectivity index (χ4v) is 7.79. The minimum Gasteiger partial charge on any atom is -0.478 e. The second-order valence-corrected chi connectivity index (χ2v) is 18.3. The smallest absolute Gasteiger partial charge is 0.336 e. The zero-order valence-corrected chi connectivity index (χ0v) is 24.2. The molecule has 12 heteroatoms. The van der Waals surface area contributed by atoms with Crippen LogP contribution in [0.25, 0.3) is 0 Å². The van der Waals surface area contributed by atoms with E-state index in [9.17, 15) is 29.4 Å². The van der Waals surface area contributed by atoms with Gasteiger partial charge in [0.15, 0.2) is 16.6 Å². The van der Waals surface area contributed by atoms with Crippen LogP contribution < -0.4 is 10.6 Å². The van der Waals surface area contributed by atoms with Crippen molar-refractivity contribution in [1.82, 2.24) is 10.6 Å². The predicted molar refractivity (Wildman–Crippen MR) is 142 cm³/mol. The number of carboxylic acid groups (broad SMARTS) is 2. The minimum atomic E-state index is -1.83. The van der Waals surface area contributed by atoms with Gasteiger partial charge in [-0.2, -0.15) is 0 Å². The molecule has 0 aliphatic rings. The van der Waals surface area contributed by atoms with E-state index < -0.39 is 51.5 Å². The van der Waals surface area contributed by atoms with Crippen LogP contribution in [0.4, 0.5) is 0 Å². The second kappa shape index (κ2) is 14.3. The van der Waals surface area contributed by atoms with Gasteiger partial charge in [-0.25, -0.2) is 9.59 Å². The molecule has 10 nitrogen and oxygen atoms in total. The van der Waals surface area contributed by atoms with Crippen molar-refractivity contribution in [3.63, 3.8) is 0 Å². The van der Waals surface area contributed by atoms with E-state index in [1.54, 1.807) is 0 Å². The lowest BCUT2D eigenvalue weighted by molar-refractivity contribution is 0.0675. The molecule has 36 heavy (non-hydrogen) atoms. The molecule has 0 aliphatic carbocycles. The quantitative estimate of drug-likeness (QED) is 0.182. The zero-order valence-electron chi connectivity index (χ0n) is 22.2. The first-order valence-electron chi connectivity index (χ1n) is 12.2. The van der Waals surface area contributed by atoms with Crippen LogP contribution >= 0.6 is 0 Å². The highest BCUT2D eigenvalue weighted by molar-refractivity contribution is 6.71. The third-order valence-corrected chi connectivity index (χ3v) is 10.9. The first kappa shape index (κ1) is 31.5. The molecule has 202 valence electrons. The maximum Gasteiger partial charge on any atom is 0.336 e. The maximum absolute atomic E-state index is 12.7. The summed E-state index contributed by atoms with van der Waals surface area (Å²) in [5.41, 5.74) is -1.47. The van der Waals surface area contributed by atoms with Gasteiger partial charge in [0.25, 0.3) is 11.8 Å². The lowest BCUT2D eigenvalue weighted by Gasteiger charge is -2.22. The monoisotopic (exact) mass is 540 g/mol. The van der Waals surface area contributed by atoms with E-state index in [4.69, 9.17) is 8.85 Å². The largest absolute Gasteiger partial charge is 0.478 e. The molecule has 1 aromatic carbocycles. The number of carboxylic acids is 2. The number of carbonyl (C=O) groups excluding carboxylic acids is 2. The Kier molecular flexibility index (Phi) is 12.5. The van der Waals surface area contributed by atoms with Crippen molar-refractivity contribution in [2.24, 2.45) is 0 Å². The topological polar surface area (TPSA) is 151 Å². The SMILES string of the molecule is CCO[Si](C)(C)CCCNC(=O)c1cc(C(=O)O)c(C(=O)NCCC[Si](C)(C)OCC)cc1C(=O)O. The Balaban J connectivity index is 3.00. The lowest BCUT2D eigenvalue weighted by Crippen LogP contribution is -2.33. The van der Waals surface area contributed by atoms with E-state index in [0.717, 1.165) is 24.2 Å². The number of amides is 2. The first-order valence-corrected chi connectivity index (χ1v) is 18.5. The Morgan fingerprint density at radius 2 is 1.03 bits per heavy atom. The Labute approximate surface area is 215 Å². The van der Waals surface area contributed by atoms with Gasteiger partial charge in [-0.15, -0.1) is 0 Å². The van der Waals surface area contributed by atoms with Gasteiger partial charge in [0.1, 0.15) is 0 Å². The number of hydrogen-bond acceptors (Lipinski definition) is 6. The van der Waals surface area contributed by atoms with E-state index in [1.165, 1.54) is 0 Å². The summed E-state index contributed by atoms with van der Waals surface area (Å²) in [6.07, 6.45) is 1.28. The molecule has 0 fully saturated rings. The molecule has 4 N–H and O–H groups in total. The number of aromatic carboxylic acids is 2. The lowest BCUT2D eigenvalue weighted by atomic mass is 9.97. The summed E-state index contributed by atoms with van der Waals surface area (Å²) >= 11 is 0. The summed E-state index contributed by atoms with van der Waals surface area (Å²) in [4.78, 5) is 49.2. The van der Waals surface area contributed by atoms with Crippen LogP contribution in [0, 0.1) is 0 Å². The Morgan fingerprint density at radius 3 is 1.31 bits per heavy atom. The van der Waals surface area contributed by atoms with E-state index in [1.807, 2.05) is 13.8 Å². The van der Waals surface area contributed by atoms with Crippen LogP contribution in [-0.2, 0) is 8.85 Å². The van der Waals surface area contributed by atoms with Crippen molar-refractivity contribution in [3.05, 3.63) is 34.4 Å². The van der Waals surface area contributed by atoms with E-state index >= 15 is 0 Å². The molecular weight excluding hydrogens is 500 g/mol. The van der Waals surface area contributed by atoms with Crippen molar-refractivity contribution in [1.29, 1.82) is 0 Å².